The topological polar surface area (TPSA) is 75.6 Å². The zero-order valence-corrected chi connectivity index (χ0v) is 13.2. The number of hydrogen-bond acceptors (Lipinski definition) is 4. The van der Waals surface area contributed by atoms with E-state index in [1.165, 1.54) is 24.3 Å². The van der Waals surface area contributed by atoms with Crippen LogP contribution in [0.3, 0.4) is 0 Å². The van der Waals surface area contributed by atoms with Crippen molar-refractivity contribution in [2.75, 3.05) is 6.61 Å². The maximum atomic E-state index is 11.8. The van der Waals surface area contributed by atoms with Crippen molar-refractivity contribution in [1.29, 1.82) is 0 Å². The molecule has 1 atom stereocenters. The summed E-state index contributed by atoms with van der Waals surface area (Å²) in [5, 5.41) is 12.5. The van der Waals surface area contributed by atoms with Crippen molar-refractivity contribution in [3.8, 4) is 5.75 Å². The maximum Gasteiger partial charge on any atom is 0.338 e. The molecule has 0 aliphatic rings. The van der Waals surface area contributed by atoms with E-state index in [-0.39, 0.29) is 24.0 Å². The molecule has 0 bridgehead atoms. The highest BCUT2D eigenvalue weighted by atomic mass is 35.5. The van der Waals surface area contributed by atoms with Gasteiger partial charge in [0.1, 0.15) is 5.75 Å². The summed E-state index contributed by atoms with van der Waals surface area (Å²) < 4.78 is 4.93. The monoisotopic (exact) mass is 333 g/mol. The molecule has 1 unspecified atom stereocenters. The molecule has 2 aromatic rings. The van der Waals surface area contributed by atoms with E-state index in [1.54, 1.807) is 18.2 Å². The fourth-order valence-corrected chi connectivity index (χ4v) is 2.15. The van der Waals surface area contributed by atoms with Crippen LogP contribution >= 0.6 is 11.6 Å². The van der Waals surface area contributed by atoms with Gasteiger partial charge in [0, 0.05) is 5.02 Å². The van der Waals surface area contributed by atoms with Gasteiger partial charge in [-0.15, -0.1) is 0 Å². The highest BCUT2D eigenvalue weighted by Crippen LogP contribution is 2.17. The van der Waals surface area contributed by atoms with E-state index in [0.29, 0.717) is 5.02 Å². The van der Waals surface area contributed by atoms with Gasteiger partial charge in [-0.05, 0) is 48.9 Å². The van der Waals surface area contributed by atoms with Crippen LogP contribution in [0.25, 0.3) is 0 Å². The summed E-state index contributed by atoms with van der Waals surface area (Å²) in [6.07, 6.45) is 0. The highest BCUT2D eigenvalue weighted by molar-refractivity contribution is 6.30. The van der Waals surface area contributed by atoms with Crippen LogP contribution in [-0.4, -0.2) is 23.6 Å². The second kappa shape index (κ2) is 7.65. The third-order valence-electron chi connectivity index (χ3n) is 3.16. The second-order valence-corrected chi connectivity index (χ2v) is 5.40. The van der Waals surface area contributed by atoms with Crippen LogP contribution in [0, 0.1) is 0 Å². The summed E-state index contributed by atoms with van der Waals surface area (Å²) in [5.74, 6) is -0.991. The zero-order chi connectivity index (χ0) is 16.8. The molecule has 2 N–H and O–H groups in total. The van der Waals surface area contributed by atoms with Crippen molar-refractivity contribution in [2.24, 2.45) is 0 Å². The first-order chi connectivity index (χ1) is 11.0. The minimum absolute atomic E-state index is 0.0506. The van der Waals surface area contributed by atoms with E-state index in [2.05, 4.69) is 5.32 Å². The molecule has 2 rings (SSSR count). The minimum atomic E-state index is -0.629. The summed E-state index contributed by atoms with van der Waals surface area (Å²) in [4.78, 5) is 23.6. The van der Waals surface area contributed by atoms with Crippen LogP contribution < -0.4 is 5.32 Å². The first kappa shape index (κ1) is 16.8. The predicted octanol–water partition coefficient (Wildman–Crippen LogP) is 3.08. The number of rotatable bonds is 5. The second-order valence-electron chi connectivity index (χ2n) is 4.97. The quantitative estimate of drug-likeness (QED) is 0.824. The van der Waals surface area contributed by atoms with Crippen molar-refractivity contribution in [3.05, 3.63) is 64.7 Å². The average molecular weight is 334 g/mol. The fraction of sp³-hybridized carbons (Fsp3) is 0.176. The van der Waals surface area contributed by atoms with E-state index >= 15 is 0 Å². The van der Waals surface area contributed by atoms with Gasteiger partial charge in [0.05, 0.1) is 11.6 Å². The molecule has 1 amide bonds. The molecule has 0 spiro atoms. The third-order valence-corrected chi connectivity index (χ3v) is 3.40. The Bertz CT molecular complexity index is 700. The number of nitrogens with one attached hydrogen (secondary N) is 1. The maximum absolute atomic E-state index is 11.8. The molecule has 0 saturated heterocycles. The fourth-order valence-electron chi connectivity index (χ4n) is 1.95. The number of halogens is 1. The molecule has 0 saturated carbocycles. The van der Waals surface area contributed by atoms with Gasteiger partial charge in [0.15, 0.2) is 6.61 Å². The van der Waals surface area contributed by atoms with Crippen LogP contribution in [0.1, 0.15) is 28.9 Å². The summed E-state index contributed by atoms with van der Waals surface area (Å²) in [6, 6.07) is 12.5. The Morgan fingerprint density at radius 3 is 2.57 bits per heavy atom. The van der Waals surface area contributed by atoms with Crippen LogP contribution in [0.5, 0.6) is 5.75 Å². The van der Waals surface area contributed by atoms with Gasteiger partial charge in [0.2, 0.25) is 0 Å². The van der Waals surface area contributed by atoms with Crippen molar-refractivity contribution in [2.45, 2.75) is 13.0 Å². The largest absolute Gasteiger partial charge is 0.508 e. The summed E-state index contributed by atoms with van der Waals surface area (Å²) in [7, 11) is 0. The van der Waals surface area contributed by atoms with Crippen LogP contribution in [0.2, 0.25) is 5.02 Å². The lowest BCUT2D eigenvalue weighted by molar-refractivity contribution is -0.124. The van der Waals surface area contributed by atoms with E-state index in [9.17, 15) is 9.59 Å². The van der Waals surface area contributed by atoms with E-state index in [0.717, 1.165) is 5.56 Å². The Hall–Kier alpha value is -2.53. The number of esters is 1. The first-order valence-electron chi connectivity index (χ1n) is 6.96. The molecule has 120 valence electrons. The number of hydrogen-bond donors (Lipinski definition) is 2. The van der Waals surface area contributed by atoms with Gasteiger partial charge in [-0.2, -0.15) is 0 Å². The van der Waals surface area contributed by atoms with Crippen LogP contribution in [0.15, 0.2) is 48.5 Å². The molecule has 0 fully saturated rings. The Morgan fingerprint density at radius 2 is 1.91 bits per heavy atom. The van der Waals surface area contributed by atoms with Gasteiger partial charge in [-0.1, -0.05) is 23.7 Å². The molecular weight excluding hydrogens is 318 g/mol. The van der Waals surface area contributed by atoms with E-state index in [1.807, 2.05) is 13.0 Å². The standard InChI is InChI=1S/C17H16ClNO4/c1-11(13-3-2-4-14(18)9-13)19-16(21)10-23-17(22)12-5-7-15(20)8-6-12/h2-9,11,20H,10H2,1H3,(H,19,21). The molecular formula is C17H16ClNO4. The number of phenolic OH excluding ortho intramolecular Hbond substituents is 1. The molecule has 0 radical (unpaired) electrons. The van der Waals surface area contributed by atoms with Crippen molar-refractivity contribution < 1.29 is 19.4 Å². The number of carbonyl (C=O) groups excluding carboxylic acids is 2. The minimum Gasteiger partial charge on any atom is -0.508 e. The first-order valence-corrected chi connectivity index (χ1v) is 7.34. The zero-order valence-electron chi connectivity index (χ0n) is 12.5. The Kier molecular flexibility index (Phi) is 5.60. The SMILES string of the molecule is CC(NC(=O)COC(=O)c1ccc(O)cc1)c1cccc(Cl)c1. The molecule has 0 aliphatic carbocycles. The molecule has 0 aliphatic heterocycles. The number of carbonyl (C=O) groups is 2. The Labute approximate surface area is 138 Å². The van der Waals surface area contributed by atoms with Crippen molar-refractivity contribution in [3.63, 3.8) is 0 Å². The number of ether oxygens (including phenoxy) is 1. The predicted molar refractivity (Wildman–Crippen MR) is 86.4 cm³/mol. The van der Waals surface area contributed by atoms with Crippen molar-refractivity contribution in [1.82, 2.24) is 5.32 Å². The molecule has 5 nitrogen and oxygen atoms in total. The van der Waals surface area contributed by atoms with Gasteiger partial charge >= 0.3 is 5.97 Å². The smallest absolute Gasteiger partial charge is 0.338 e. The molecule has 0 aromatic heterocycles. The number of aromatic hydroxyl groups is 1. The van der Waals surface area contributed by atoms with Gasteiger partial charge < -0.3 is 15.2 Å². The van der Waals surface area contributed by atoms with Gasteiger partial charge in [-0.25, -0.2) is 4.79 Å². The molecule has 2 aromatic carbocycles. The summed E-state index contributed by atoms with van der Waals surface area (Å²) in [5.41, 5.74) is 1.12. The van der Waals surface area contributed by atoms with Crippen LogP contribution in [0.4, 0.5) is 0 Å². The van der Waals surface area contributed by atoms with Gasteiger partial charge in [-0.3, -0.25) is 4.79 Å². The lowest BCUT2D eigenvalue weighted by atomic mass is 10.1. The number of benzene rings is 2. The molecule has 23 heavy (non-hydrogen) atoms. The van der Waals surface area contributed by atoms with E-state index in [4.69, 9.17) is 21.4 Å². The normalized spacial score (nSPS) is 11.6. The number of amides is 1. The Morgan fingerprint density at radius 1 is 1.22 bits per heavy atom. The average Bonchev–Trinajstić information content (AvgIpc) is 2.53. The third kappa shape index (κ3) is 5.00. The Balaban J connectivity index is 1.85. The van der Waals surface area contributed by atoms with Crippen LogP contribution in [-0.2, 0) is 9.53 Å². The molecule has 0 heterocycles. The lowest BCUT2D eigenvalue weighted by Gasteiger charge is -2.14. The summed E-state index contributed by atoms with van der Waals surface area (Å²) in [6.45, 7) is 1.43. The van der Waals surface area contributed by atoms with Gasteiger partial charge in [0.25, 0.3) is 5.91 Å². The van der Waals surface area contributed by atoms with E-state index < -0.39 is 11.9 Å². The number of phenols is 1. The lowest BCUT2D eigenvalue weighted by Crippen LogP contribution is -2.31. The molecule has 6 heteroatoms. The van der Waals surface area contributed by atoms with Crippen molar-refractivity contribution >= 4 is 23.5 Å². The highest BCUT2D eigenvalue weighted by Gasteiger charge is 2.13. The summed E-state index contributed by atoms with van der Waals surface area (Å²) >= 11 is 5.91.